The molecule has 1 unspecified atom stereocenters. The topological polar surface area (TPSA) is 31.4 Å². The minimum Gasteiger partial charge on any atom is -0.376 e. The van der Waals surface area contributed by atoms with Gasteiger partial charge in [0.1, 0.15) is 0 Å². The molecule has 1 aromatic heterocycles. The van der Waals surface area contributed by atoms with Crippen molar-refractivity contribution in [1.29, 1.82) is 0 Å². The van der Waals surface area contributed by atoms with Gasteiger partial charge >= 0.3 is 0 Å². The molecule has 0 amide bonds. The van der Waals surface area contributed by atoms with Gasteiger partial charge in [-0.3, -0.25) is 4.98 Å². The van der Waals surface area contributed by atoms with Crippen molar-refractivity contribution in [2.45, 2.75) is 32.0 Å². The summed E-state index contributed by atoms with van der Waals surface area (Å²) in [4.78, 5) is 4.25. The van der Waals surface area contributed by atoms with Gasteiger partial charge in [-0.2, -0.15) is 0 Å². The van der Waals surface area contributed by atoms with Gasteiger partial charge in [0.05, 0.1) is 25.0 Å². The first kappa shape index (κ1) is 12.0. The Bertz CT molecular complexity index is 309. The van der Waals surface area contributed by atoms with Crippen molar-refractivity contribution in [3.63, 3.8) is 0 Å². The molecule has 1 saturated heterocycles. The third kappa shape index (κ3) is 3.85. The van der Waals surface area contributed by atoms with Crippen molar-refractivity contribution in [2.75, 3.05) is 13.2 Å². The van der Waals surface area contributed by atoms with Gasteiger partial charge in [-0.1, -0.05) is 0 Å². The zero-order chi connectivity index (χ0) is 11.2. The summed E-state index contributed by atoms with van der Waals surface area (Å²) in [5.41, 5.74) is 0.957. The lowest BCUT2D eigenvalue weighted by Crippen LogP contribution is -2.24. The number of halogens is 1. The molecule has 1 atom stereocenters. The molecule has 0 saturated carbocycles. The van der Waals surface area contributed by atoms with Crippen LogP contribution in [0.2, 0.25) is 0 Å². The van der Waals surface area contributed by atoms with E-state index >= 15 is 0 Å². The summed E-state index contributed by atoms with van der Waals surface area (Å²) in [5.74, 6) is 0. The average molecular weight is 286 g/mol. The van der Waals surface area contributed by atoms with Gasteiger partial charge in [-0.15, -0.1) is 0 Å². The van der Waals surface area contributed by atoms with Crippen molar-refractivity contribution in [1.82, 2.24) is 4.98 Å². The maximum Gasteiger partial charge on any atom is 0.0889 e. The Kier molecular flexibility index (Phi) is 4.75. The quantitative estimate of drug-likeness (QED) is 0.852. The van der Waals surface area contributed by atoms with Crippen LogP contribution in [0.5, 0.6) is 0 Å². The van der Waals surface area contributed by atoms with E-state index in [1.165, 1.54) is 12.8 Å². The van der Waals surface area contributed by atoms with Crippen molar-refractivity contribution in [3.8, 4) is 0 Å². The molecule has 0 radical (unpaired) electrons. The molecule has 2 heterocycles. The first-order valence-corrected chi connectivity index (χ1v) is 6.43. The Balaban J connectivity index is 1.69. The van der Waals surface area contributed by atoms with E-state index in [4.69, 9.17) is 9.47 Å². The molecule has 3 nitrogen and oxygen atoms in total. The van der Waals surface area contributed by atoms with E-state index in [1.54, 1.807) is 6.20 Å². The smallest absolute Gasteiger partial charge is 0.0889 e. The molecule has 1 aliphatic rings. The van der Waals surface area contributed by atoms with Crippen molar-refractivity contribution >= 4 is 15.9 Å². The molecule has 0 aliphatic carbocycles. The third-order valence-electron chi connectivity index (χ3n) is 2.62. The van der Waals surface area contributed by atoms with Crippen LogP contribution in [0.3, 0.4) is 0 Å². The third-order valence-corrected chi connectivity index (χ3v) is 3.09. The highest BCUT2D eigenvalue weighted by Gasteiger charge is 2.13. The predicted molar refractivity (Wildman–Crippen MR) is 65.2 cm³/mol. The van der Waals surface area contributed by atoms with E-state index in [-0.39, 0.29) is 6.10 Å². The fourth-order valence-corrected chi connectivity index (χ4v) is 1.96. The van der Waals surface area contributed by atoms with E-state index in [1.807, 2.05) is 12.1 Å². The Labute approximate surface area is 104 Å². The Morgan fingerprint density at radius 3 is 3.06 bits per heavy atom. The van der Waals surface area contributed by atoms with Gasteiger partial charge < -0.3 is 9.47 Å². The molecule has 0 bridgehead atoms. The summed E-state index contributed by atoms with van der Waals surface area (Å²) >= 11 is 3.35. The number of pyridine rings is 1. The van der Waals surface area contributed by atoms with E-state index in [9.17, 15) is 0 Å². The highest BCUT2D eigenvalue weighted by molar-refractivity contribution is 9.10. The Morgan fingerprint density at radius 1 is 1.44 bits per heavy atom. The number of rotatable bonds is 4. The van der Waals surface area contributed by atoms with Gasteiger partial charge in [-0.05, 0) is 47.3 Å². The van der Waals surface area contributed by atoms with Crippen molar-refractivity contribution in [3.05, 3.63) is 28.5 Å². The number of aromatic nitrogens is 1. The van der Waals surface area contributed by atoms with E-state index < -0.39 is 0 Å². The summed E-state index contributed by atoms with van der Waals surface area (Å²) < 4.78 is 12.2. The fraction of sp³-hybridized carbons (Fsp3) is 0.583. The number of hydrogen-bond donors (Lipinski definition) is 0. The summed E-state index contributed by atoms with van der Waals surface area (Å²) in [6, 6.07) is 3.94. The van der Waals surface area contributed by atoms with E-state index in [0.717, 1.165) is 23.2 Å². The van der Waals surface area contributed by atoms with Gasteiger partial charge in [0, 0.05) is 17.3 Å². The second kappa shape index (κ2) is 6.33. The summed E-state index contributed by atoms with van der Waals surface area (Å²) in [6.07, 6.45) is 5.63. The molecular formula is C12H16BrNO2. The molecule has 1 fully saturated rings. The summed E-state index contributed by atoms with van der Waals surface area (Å²) in [7, 11) is 0. The molecule has 1 aromatic rings. The lowest BCUT2D eigenvalue weighted by molar-refractivity contribution is -0.0452. The Morgan fingerprint density at radius 2 is 2.38 bits per heavy atom. The molecule has 1 aliphatic heterocycles. The minimum atomic E-state index is 0.282. The maximum atomic E-state index is 5.60. The highest BCUT2D eigenvalue weighted by atomic mass is 79.9. The number of nitrogens with zero attached hydrogens (tertiary/aromatic N) is 1. The first-order chi connectivity index (χ1) is 7.84. The standard InChI is InChI=1S/C12H16BrNO2/c13-10-4-5-11(14-7-10)8-15-9-12-3-1-2-6-16-12/h4-5,7,12H,1-3,6,8-9H2. The highest BCUT2D eigenvalue weighted by Crippen LogP contribution is 2.13. The molecule has 88 valence electrons. The van der Waals surface area contributed by atoms with E-state index in [0.29, 0.717) is 13.2 Å². The lowest BCUT2D eigenvalue weighted by atomic mass is 10.1. The van der Waals surface area contributed by atoms with Crippen LogP contribution in [0.15, 0.2) is 22.8 Å². The summed E-state index contributed by atoms with van der Waals surface area (Å²) in [6.45, 7) is 2.12. The second-order valence-corrected chi connectivity index (χ2v) is 4.89. The SMILES string of the molecule is Brc1ccc(COCC2CCCCO2)nc1. The molecular weight excluding hydrogens is 270 g/mol. The molecule has 0 aromatic carbocycles. The molecule has 2 rings (SSSR count). The van der Waals surface area contributed by atoms with Crippen LogP contribution in [0.25, 0.3) is 0 Å². The molecule has 16 heavy (non-hydrogen) atoms. The van der Waals surface area contributed by atoms with Crippen LogP contribution in [0, 0.1) is 0 Å². The van der Waals surface area contributed by atoms with Gasteiger partial charge in [0.25, 0.3) is 0 Å². The monoisotopic (exact) mass is 285 g/mol. The second-order valence-electron chi connectivity index (χ2n) is 3.97. The van der Waals surface area contributed by atoms with Gasteiger partial charge in [0.15, 0.2) is 0 Å². The first-order valence-electron chi connectivity index (χ1n) is 5.64. The van der Waals surface area contributed by atoms with Crippen molar-refractivity contribution in [2.24, 2.45) is 0 Å². The maximum absolute atomic E-state index is 5.60. The predicted octanol–water partition coefficient (Wildman–Crippen LogP) is 2.93. The zero-order valence-electron chi connectivity index (χ0n) is 9.19. The summed E-state index contributed by atoms with van der Waals surface area (Å²) in [5, 5.41) is 0. The van der Waals surface area contributed by atoms with Crippen LogP contribution in [-0.4, -0.2) is 24.3 Å². The molecule has 0 spiro atoms. The van der Waals surface area contributed by atoms with Crippen LogP contribution >= 0.6 is 15.9 Å². The molecule has 0 N–H and O–H groups in total. The lowest BCUT2D eigenvalue weighted by Gasteiger charge is -2.22. The normalized spacial score (nSPS) is 20.9. The Hall–Kier alpha value is -0.450. The molecule has 4 heteroatoms. The van der Waals surface area contributed by atoms with Gasteiger partial charge in [-0.25, -0.2) is 0 Å². The van der Waals surface area contributed by atoms with Crippen molar-refractivity contribution < 1.29 is 9.47 Å². The fourth-order valence-electron chi connectivity index (χ4n) is 1.73. The average Bonchev–Trinajstić information content (AvgIpc) is 2.33. The van der Waals surface area contributed by atoms with Gasteiger partial charge in [0.2, 0.25) is 0 Å². The zero-order valence-corrected chi connectivity index (χ0v) is 10.8. The minimum absolute atomic E-state index is 0.282. The van der Waals surface area contributed by atoms with Crippen LogP contribution in [0.1, 0.15) is 25.0 Å². The van der Waals surface area contributed by atoms with E-state index in [2.05, 4.69) is 20.9 Å². The van der Waals surface area contributed by atoms with Crippen LogP contribution in [0.4, 0.5) is 0 Å². The number of hydrogen-bond acceptors (Lipinski definition) is 3. The van der Waals surface area contributed by atoms with Crippen LogP contribution < -0.4 is 0 Å². The number of ether oxygens (including phenoxy) is 2. The van der Waals surface area contributed by atoms with Crippen LogP contribution in [-0.2, 0) is 16.1 Å². The largest absolute Gasteiger partial charge is 0.376 e.